The van der Waals surface area contributed by atoms with Crippen LogP contribution in [-0.4, -0.2) is 31.8 Å². The summed E-state index contributed by atoms with van der Waals surface area (Å²) in [5.41, 5.74) is 7.29. The smallest absolute Gasteiger partial charge is 0.264 e. The zero-order valence-corrected chi connectivity index (χ0v) is 10.7. The maximum Gasteiger partial charge on any atom is 0.264 e. The molecule has 0 amide bonds. The van der Waals surface area contributed by atoms with Crippen LogP contribution < -0.4 is 10.6 Å². The minimum absolute atomic E-state index is 0.210. The summed E-state index contributed by atoms with van der Waals surface area (Å²) in [5, 5.41) is 0. The van der Waals surface area contributed by atoms with Crippen LogP contribution in [0.3, 0.4) is 0 Å². The van der Waals surface area contributed by atoms with Gasteiger partial charge in [-0.3, -0.25) is 4.55 Å². The molecule has 1 aromatic rings. The van der Waals surface area contributed by atoms with E-state index < -0.39 is 10.1 Å². The fourth-order valence-corrected chi connectivity index (χ4v) is 2.09. The highest BCUT2D eigenvalue weighted by Gasteiger charge is 2.08. The summed E-state index contributed by atoms with van der Waals surface area (Å²) < 4.78 is 29.9. The summed E-state index contributed by atoms with van der Waals surface area (Å²) >= 11 is 0. The Balaban J connectivity index is 2.57. The lowest BCUT2D eigenvalue weighted by Gasteiger charge is -2.22. The van der Waals surface area contributed by atoms with Gasteiger partial charge in [0, 0.05) is 24.5 Å². The van der Waals surface area contributed by atoms with Crippen molar-refractivity contribution >= 4 is 21.5 Å². The number of hydrogen-bond acceptors (Lipinski definition) is 4. The Kier molecular flexibility index (Phi) is 4.77. The SMILES string of the molecule is CCN(CCCS(=O)(=O)O)c1ccc(N)cc1. The van der Waals surface area contributed by atoms with E-state index in [1.807, 2.05) is 24.0 Å². The zero-order valence-electron chi connectivity index (χ0n) is 9.83. The van der Waals surface area contributed by atoms with Crippen molar-refractivity contribution in [2.24, 2.45) is 0 Å². The molecule has 3 N–H and O–H groups in total. The molecule has 0 radical (unpaired) electrons. The number of benzene rings is 1. The van der Waals surface area contributed by atoms with Crippen LogP contribution in [0.15, 0.2) is 24.3 Å². The molecule has 1 aromatic carbocycles. The molecule has 0 saturated carbocycles. The third-order valence-corrected chi connectivity index (χ3v) is 3.27. The Hall–Kier alpha value is -1.27. The average molecular weight is 258 g/mol. The second kappa shape index (κ2) is 5.88. The van der Waals surface area contributed by atoms with E-state index in [0.717, 1.165) is 12.2 Å². The van der Waals surface area contributed by atoms with Gasteiger partial charge in [0.05, 0.1) is 5.75 Å². The van der Waals surface area contributed by atoms with Crippen molar-refractivity contribution in [1.29, 1.82) is 0 Å². The van der Waals surface area contributed by atoms with Crippen molar-refractivity contribution in [3.63, 3.8) is 0 Å². The van der Waals surface area contributed by atoms with E-state index in [1.54, 1.807) is 12.1 Å². The molecule has 0 atom stereocenters. The van der Waals surface area contributed by atoms with Crippen molar-refractivity contribution in [1.82, 2.24) is 0 Å². The molecule has 5 nitrogen and oxygen atoms in total. The Morgan fingerprint density at radius 3 is 2.35 bits per heavy atom. The number of hydrogen-bond donors (Lipinski definition) is 2. The van der Waals surface area contributed by atoms with Crippen LogP contribution in [0.25, 0.3) is 0 Å². The first-order valence-electron chi connectivity index (χ1n) is 5.48. The second-order valence-electron chi connectivity index (χ2n) is 3.81. The molecular weight excluding hydrogens is 240 g/mol. The van der Waals surface area contributed by atoms with E-state index in [2.05, 4.69) is 0 Å². The van der Waals surface area contributed by atoms with Crippen molar-refractivity contribution in [2.75, 3.05) is 29.5 Å². The number of nitrogens with two attached hydrogens (primary N) is 1. The van der Waals surface area contributed by atoms with E-state index in [1.165, 1.54) is 0 Å². The molecule has 0 heterocycles. The van der Waals surface area contributed by atoms with Crippen molar-refractivity contribution in [3.8, 4) is 0 Å². The van der Waals surface area contributed by atoms with Gasteiger partial charge in [0.2, 0.25) is 0 Å². The van der Waals surface area contributed by atoms with Crippen LogP contribution in [0.1, 0.15) is 13.3 Å². The van der Waals surface area contributed by atoms with Crippen LogP contribution in [0.2, 0.25) is 0 Å². The predicted molar refractivity (Wildman–Crippen MR) is 69.8 cm³/mol. The number of anilines is 2. The lowest BCUT2D eigenvalue weighted by Crippen LogP contribution is -2.25. The van der Waals surface area contributed by atoms with E-state index in [-0.39, 0.29) is 5.75 Å². The first-order chi connectivity index (χ1) is 7.92. The molecule has 0 aromatic heterocycles. The van der Waals surface area contributed by atoms with Gasteiger partial charge >= 0.3 is 0 Å². The molecule has 1 rings (SSSR count). The van der Waals surface area contributed by atoms with Crippen molar-refractivity contribution in [2.45, 2.75) is 13.3 Å². The minimum atomic E-state index is -3.86. The van der Waals surface area contributed by atoms with E-state index in [0.29, 0.717) is 18.7 Å². The Labute approximate surface area is 102 Å². The molecule has 0 unspecified atom stereocenters. The molecule has 17 heavy (non-hydrogen) atoms. The second-order valence-corrected chi connectivity index (χ2v) is 5.38. The maximum atomic E-state index is 10.6. The van der Waals surface area contributed by atoms with Crippen LogP contribution in [-0.2, 0) is 10.1 Å². The topological polar surface area (TPSA) is 83.6 Å². The highest BCUT2D eigenvalue weighted by atomic mass is 32.2. The summed E-state index contributed by atoms with van der Waals surface area (Å²) in [5.74, 6) is -0.210. The molecule has 0 spiro atoms. The highest BCUT2D eigenvalue weighted by Crippen LogP contribution is 2.16. The lowest BCUT2D eigenvalue weighted by atomic mass is 10.2. The quantitative estimate of drug-likeness (QED) is 0.595. The lowest BCUT2D eigenvalue weighted by molar-refractivity contribution is 0.481. The first-order valence-corrected chi connectivity index (χ1v) is 7.09. The number of nitrogens with zero attached hydrogens (tertiary/aromatic N) is 1. The van der Waals surface area contributed by atoms with Crippen LogP contribution in [0, 0.1) is 0 Å². The van der Waals surface area contributed by atoms with Gasteiger partial charge in [-0.05, 0) is 37.6 Å². The summed E-state index contributed by atoms with van der Waals surface area (Å²) in [4.78, 5) is 2.03. The summed E-state index contributed by atoms with van der Waals surface area (Å²) in [6.07, 6.45) is 0.400. The molecule has 0 aliphatic rings. The molecule has 0 saturated heterocycles. The fourth-order valence-electron chi connectivity index (χ4n) is 1.59. The van der Waals surface area contributed by atoms with Crippen LogP contribution in [0.5, 0.6) is 0 Å². The number of nitrogen functional groups attached to an aromatic ring is 1. The third kappa shape index (κ3) is 5.06. The maximum absolute atomic E-state index is 10.6. The monoisotopic (exact) mass is 258 g/mol. The van der Waals surface area contributed by atoms with Gasteiger partial charge in [-0.1, -0.05) is 0 Å². The Bertz CT molecular complexity index is 442. The summed E-state index contributed by atoms with van der Waals surface area (Å²) in [6.45, 7) is 3.35. The van der Waals surface area contributed by atoms with Gasteiger partial charge in [0.25, 0.3) is 10.1 Å². The molecule has 96 valence electrons. The molecule has 0 fully saturated rings. The molecular formula is C11H18N2O3S. The summed E-state index contributed by atoms with van der Waals surface area (Å²) in [6, 6.07) is 7.40. The summed E-state index contributed by atoms with van der Waals surface area (Å²) in [7, 11) is -3.86. The van der Waals surface area contributed by atoms with Gasteiger partial charge in [0.15, 0.2) is 0 Å². The molecule has 0 aliphatic carbocycles. The Morgan fingerprint density at radius 1 is 1.29 bits per heavy atom. The molecule has 0 bridgehead atoms. The van der Waals surface area contributed by atoms with Crippen molar-refractivity contribution in [3.05, 3.63) is 24.3 Å². The van der Waals surface area contributed by atoms with Crippen LogP contribution >= 0.6 is 0 Å². The van der Waals surface area contributed by atoms with Gasteiger partial charge < -0.3 is 10.6 Å². The normalized spacial score (nSPS) is 11.4. The van der Waals surface area contributed by atoms with E-state index >= 15 is 0 Å². The number of rotatable bonds is 6. The van der Waals surface area contributed by atoms with E-state index in [4.69, 9.17) is 10.3 Å². The molecule has 0 aliphatic heterocycles. The van der Waals surface area contributed by atoms with Crippen LogP contribution in [0.4, 0.5) is 11.4 Å². The van der Waals surface area contributed by atoms with Gasteiger partial charge in [-0.2, -0.15) is 8.42 Å². The fraction of sp³-hybridized carbons (Fsp3) is 0.455. The largest absolute Gasteiger partial charge is 0.399 e. The molecule has 6 heteroatoms. The standard InChI is InChI=1S/C11H18N2O3S/c1-2-13(8-3-9-17(14,15)16)11-6-4-10(12)5-7-11/h4-7H,2-3,8-9,12H2,1H3,(H,14,15,16). The predicted octanol–water partition coefficient (Wildman–Crippen LogP) is 1.37. The highest BCUT2D eigenvalue weighted by molar-refractivity contribution is 7.85. The zero-order chi connectivity index (χ0) is 12.9. The van der Waals surface area contributed by atoms with Gasteiger partial charge in [-0.15, -0.1) is 0 Å². The van der Waals surface area contributed by atoms with Crippen molar-refractivity contribution < 1.29 is 13.0 Å². The van der Waals surface area contributed by atoms with Gasteiger partial charge in [-0.25, -0.2) is 0 Å². The first kappa shape index (κ1) is 13.8. The Morgan fingerprint density at radius 2 is 1.88 bits per heavy atom. The minimum Gasteiger partial charge on any atom is -0.399 e. The average Bonchev–Trinajstić information content (AvgIpc) is 2.24. The van der Waals surface area contributed by atoms with Gasteiger partial charge in [0.1, 0.15) is 0 Å². The third-order valence-electron chi connectivity index (χ3n) is 2.47. The van der Waals surface area contributed by atoms with E-state index in [9.17, 15) is 8.42 Å².